The van der Waals surface area contributed by atoms with Crippen molar-refractivity contribution in [2.24, 2.45) is 0 Å². The minimum Gasteiger partial charge on any atom is -0.225 e. The Bertz CT molecular complexity index is 244. The van der Waals surface area contributed by atoms with Gasteiger partial charge in [0.15, 0.2) is 0 Å². The van der Waals surface area contributed by atoms with Crippen LogP contribution in [-0.2, 0) is 0 Å². The molecule has 0 amide bonds. The molecule has 1 aromatic heterocycles. The van der Waals surface area contributed by atoms with E-state index in [4.69, 9.17) is 24.6 Å². The monoisotopic (exact) mass is 227 g/mol. The lowest BCUT2D eigenvalue weighted by molar-refractivity contribution is 1.15. The van der Waals surface area contributed by atoms with Gasteiger partial charge in [0.25, 0.3) is 0 Å². The zero-order valence-electron chi connectivity index (χ0n) is 5.03. The van der Waals surface area contributed by atoms with Gasteiger partial charge in [0.2, 0.25) is 5.28 Å². The molecule has 0 radical (unpaired) electrons. The number of aromatic nitrogens is 2. The fraction of sp³-hybridized carbons (Fsp3) is 0. The summed E-state index contributed by atoms with van der Waals surface area (Å²) in [6, 6.07) is 0. The van der Waals surface area contributed by atoms with Gasteiger partial charge in [-0.25, -0.2) is 9.97 Å². The van der Waals surface area contributed by atoms with Crippen molar-refractivity contribution in [3.05, 3.63) is 21.1 Å². The molecule has 1 aromatic rings. The molecule has 9 heavy (non-hydrogen) atoms. The third-order valence-corrected chi connectivity index (χ3v) is 1.84. The van der Waals surface area contributed by atoms with Crippen molar-refractivity contribution in [1.82, 2.24) is 9.97 Å². The highest BCUT2D eigenvalue weighted by molar-refractivity contribution is 9.10. The molecule has 0 spiro atoms. The van der Waals surface area contributed by atoms with Gasteiger partial charge in [0.1, 0.15) is 5.15 Å². The van der Waals surface area contributed by atoms with E-state index in [1.54, 1.807) is 0 Å². The third-order valence-electron chi connectivity index (χ3n) is 0.618. The smallest absolute Gasteiger partial charge is 0.223 e. The molecular formula is C4HBrCl2N2. The molecule has 1 heterocycles. The van der Waals surface area contributed by atoms with Crippen LogP contribution in [-0.4, -0.2) is 9.97 Å². The van der Waals surface area contributed by atoms with E-state index in [-0.39, 0.29) is 16.6 Å². The van der Waals surface area contributed by atoms with Crippen LogP contribution in [0.5, 0.6) is 0 Å². The summed E-state index contributed by atoms with van der Waals surface area (Å²) in [7, 11) is 0. The first-order valence-electron chi connectivity index (χ1n) is 2.46. The molecular weight excluding hydrogens is 227 g/mol. The van der Waals surface area contributed by atoms with Crippen LogP contribution in [0.1, 0.15) is 1.37 Å². The van der Waals surface area contributed by atoms with Crippen molar-refractivity contribution >= 4 is 39.1 Å². The second kappa shape index (κ2) is 2.82. The van der Waals surface area contributed by atoms with Crippen LogP contribution in [0, 0.1) is 0 Å². The molecule has 2 nitrogen and oxygen atoms in total. The first-order chi connectivity index (χ1) is 4.61. The first kappa shape index (κ1) is 5.89. The summed E-state index contributed by atoms with van der Waals surface area (Å²) in [6.45, 7) is 0. The summed E-state index contributed by atoms with van der Waals surface area (Å²) in [5, 5.41) is 0.142. The first-order valence-corrected chi connectivity index (χ1v) is 3.51. The Labute approximate surface area is 71.7 Å². The molecule has 0 bridgehead atoms. The molecule has 0 aliphatic rings. The average Bonchev–Trinajstić information content (AvgIpc) is 1.82. The van der Waals surface area contributed by atoms with Crippen LogP contribution >= 0.6 is 39.1 Å². The van der Waals surface area contributed by atoms with Gasteiger partial charge in [-0.1, -0.05) is 11.6 Å². The minimum atomic E-state index is -0.0156. The van der Waals surface area contributed by atoms with E-state index < -0.39 is 0 Å². The molecule has 48 valence electrons. The van der Waals surface area contributed by atoms with Gasteiger partial charge < -0.3 is 0 Å². The van der Waals surface area contributed by atoms with Gasteiger partial charge in [-0.15, -0.1) is 0 Å². The van der Waals surface area contributed by atoms with Crippen LogP contribution in [0.3, 0.4) is 0 Å². The van der Waals surface area contributed by atoms with Crippen molar-refractivity contribution in [2.75, 3.05) is 0 Å². The molecule has 0 aromatic carbocycles. The molecule has 1 rings (SSSR count). The largest absolute Gasteiger partial charge is 0.225 e. The maximum atomic E-state index is 7.13. The maximum Gasteiger partial charge on any atom is 0.223 e. The SMILES string of the molecule is [2H]c1nc(Cl)nc(Cl)c1Br. The minimum absolute atomic E-state index is 0.00926. The lowest BCUT2D eigenvalue weighted by atomic mass is 10.7. The number of hydrogen-bond donors (Lipinski definition) is 0. The van der Waals surface area contributed by atoms with Crippen LogP contribution in [0.2, 0.25) is 10.4 Å². The predicted molar refractivity (Wildman–Crippen MR) is 39.8 cm³/mol. The van der Waals surface area contributed by atoms with Crippen molar-refractivity contribution in [2.45, 2.75) is 0 Å². The third kappa shape index (κ3) is 1.78. The number of rotatable bonds is 0. The van der Waals surface area contributed by atoms with E-state index in [2.05, 4.69) is 25.9 Å². The molecule has 0 unspecified atom stereocenters. The number of halogens is 3. The zero-order chi connectivity index (χ0) is 7.72. The highest BCUT2D eigenvalue weighted by Crippen LogP contribution is 2.19. The van der Waals surface area contributed by atoms with E-state index in [0.717, 1.165) is 0 Å². The van der Waals surface area contributed by atoms with Crippen LogP contribution in [0.15, 0.2) is 10.6 Å². The van der Waals surface area contributed by atoms with Gasteiger partial charge >= 0.3 is 0 Å². The lowest BCUT2D eigenvalue weighted by Crippen LogP contribution is -1.81. The summed E-state index contributed by atoms with van der Waals surface area (Å²) < 4.78 is 7.49. The molecule has 0 saturated heterocycles. The highest BCUT2D eigenvalue weighted by atomic mass is 79.9. The van der Waals surface area contributed by atoms with Crippen molar-refractivity contribution in [3.8, 4) is 0 Å². The van der Waals surface area contributed by atoms with E-state index in [1.165, 1.54) is 0 Å². The zero-order valence-corrected chi connectivity index (χ0v) is 7.13. The molecule has 0 N–H and O–H groups in total. The second-order valence-corrected chi connectivity index (χ2v) is 2.70. The van der Waals surface area contributed by atoms with E-state index in [9.17, 15) is 0 Å². The molecule has 5 heteroatoms. The molecule has 0 aliphatic carbocycles. The average molecular weight is 229 g/mol. The summed E-state index contributed by atoms with van der Waals surface area (Å²) in [5.41, 5.74) is 0. The summed E-state index contributed by atoms with van der Waals surface area (Å²) in [5.74, 6) is 0. The Hall–Kier alpha value is 0.140. The van der Waals surface area contributed by atoms with Gasteiger partial charge in [0.05, 0.1) is 5.84 Å². The lowest BCUT2D eigenvalue weighted by Gasteiger charge is -1.91. The standard InChI is InChI=1S/C4HBrCl2N2/c5-2-1-8-4(7)9-3(2)6/h1H/i1D. The van der Waals surface area contributed by atoms with E-state index >= 15 is 0 Å². The van der Waals surface area contributed by atoms with Crippen LogP contribution in [0.25, 0.3) is 0 Å². The molecule has 0 aliphatic heterocycles. The van der Waals surface area contributed by atoms with Gasteiger partial charge in [-0.05, 0) is 27.5 Å². The highest BCUT2D eigenvalue weighted by Gasteiger charge is 1.97. The van der Waals surface area contributed by atoms with Gasteiger partial charge in [-0.2, -0.15) is 0 Å². The second-order valence-electron chi connectivity index (χ2n) is 1.21. The Morgan fingerprint density at radius 2 is 2.33 bits per heavy atom. The number of nitrogens with zero attached hydrogens (tertiary/aromatic N) is 2. The summed E-state index contributed by atoms with van der Waals surface area (Å²) in [4.78, 5) is 7.11. The van der Waals surface area contributed by atoms with Gasteiger partial charge in [-0.3, -0.25) is 0 Å². The Kier molecular flexibility index (Phi) is 1.84. The molecule has 0 atom stereocenters. The normalized spacial score (nSPS) is 11.2. The quantitative estimate of drug-likeness (QED) is 0.504. The van der Waals surface area contributed by atoms with Gasteiger partial charge in [0, 0.05) is 6.17 Å². The summed E-state index contributed by atoms with van der Waals surface area (Å²) >= 11 is 13.9. The van der Waals surface area contributed by atoms with Crippen molar-refractivity contribution in [1.29, 1.82) is 0 Å². The summed E-state index contributed by atoms with van der Waals surface area (Å²) in [6.07, 6.45) is -0.00926. The maximum absolute atomic E-state index is 7.13. The van der Waals surface area contributed by atoms with Crippen LogP contribution in [0.4, 0.5) is 0 Å². The predicted octanol–water partition coefficient (Wildman–Crippen LogP) is 2.55. The topological polar surface area (TPSA) is 25.8 Å². The fourth-order valence-electron chi connectivity index (χ4n) is 0.296. The van der Waals surface area contributed by atoms with Crippen molar-refractivity contribution < 1.29 is 1.37 Å². The Morgan fingerprint density at radius 1 is 1.67 bits per heavy atom. The number of hydrogen-bond acceptors (Lipinski definition) is 2. The van der Waals surface area contributed by atoms with Crippen LogP contribution < -0.4 is 0 Å². The Balaban J connectivity index is 3.31. The molecule has 0 fully saturated rings. The molecule has 0 saturated carbocycles. The van der Waals surface area contributed by atoms with E-state index in [1.807, 2.05) is 0 Å². The Morgan fingerprint density at radius 3 is 2.89 bits per heavy atom. The van der Waals surface area contributed by atoms with E-state index in [0.29, 0.717) is 4.47 Å². The van der Waals surface area contributed by atoms with Crippen molar-refractivity contribution in [3.63, 3.8) is 0 Å². The fourth-order valence-corrected chi connectivity index (χ4v) is 0.766.